The highest BCUT2D eigenvalue weighted by Crippen LogP contribution is 2.38. The molecule has 1 aliphatic carbocycles. The van der Waals surface area contributed by atoms with Crippen LogP contribution in [0.1, 0.15) is 40.5 Å². The lowest BCUT2D eigenvalue weighted by molar-refractivity contribution is -0.130. The standard InChI is InChI=1S/C26H25N3O2/c1-18(30)28-13-15-29(16-14-28)26(31)24-21-9-5-6-10-23(21)27-25-20(11-12-22(24)25)17-19-7-3-2-4-8-19/h2-10,17H,11-16H2,1H3/b20-17-. The molecule has 0 bridgehead atoms. The second-order valence-electron chi connectivity index (χ2n) is 8.21. The van der Waals surface area contributed by atoms with Crippen LogP contribution in [0, 0.1) is 0 Å². The molecule has 5 heteroatoms. The van der Waals surface area contributed by atoms with Gasteiger partial charge in [0.2, 0.25) is 5.91 Å². The summed E-state index contributed by atoms with van der Waals surface area (Å²) in [5.41, 5.74) is 5.98. The van der Waals surface area contributed by atoms with Crippen LogP contribution in [0.2, 0.25) is 0 Å². The molecule has 2 amide bonds. The lowest BCUT2D eigenvalue weighted by Crippen LogP contribution is -2.50. The number of hydrogen-bond donors (Lipinski definition) is 0. The van der Waals surface area contributed by atoms with Crippen LogP contribution >= 0.6 is 0 Å². The zero-order valence-corrected chi connectivity index (χ0v) is 17.7. The van der Waals surface area contributed by atoms with E-state index in [9.17, 15) is 9.59 Å². The van der Waals surface area contributed by atoms with Crippen LogP contribution in [0.5, 0.6) is 0 Å². The summed E-state index contributed by atoms with van der Waals surface area (Å²) in [7, 11) is 0. The lowest BCUT2D eigenvalue weighted by atomic mass is 9.99. The van der Waals surface area contributed by atoms with E-state index in [-0.39, 0.29) is 11.8 Å². The van der Waals surface area contributed by atoms with Gasteiger partial charge in [0.25, 0.3) is 5.91 Å². The van der Waals surface area contributed by atoms with Crippen LogP contribution in [-0.2, 0) is 11.2 Å². The number of carbonyl (C=O) groups is 2. The molecular weight excluding hydrogens is 386 g/mol. The maximum Gasteiger partial charge on any atom is 0.255 e. The second kappa shape index (κ2) is 7.99. The molecule has 1 saturated heterocycles. The van der Waals surface area contributed by atoms with E-state index in [4.69, 9.17) is 4.98 Å². The van der Waals surface area contributed by atoms with Gasteiger partial charge in [0, 0.05) is 38.5 Å². The van der Waals surface area contributed by atoms with Gasteiger partial charge < -0.3 is 9.80 Å². The van der Waals surface area contributed by atoms with E-state index < -0.39 is 0 Å². The second-order valence-corrected chi connectivity index (χ2v) is 8.21. The number of hydrogen-bond acceptors (Lipinski definition) is 3. The molecule has 0 saturated carbocycles. The molecule has 2 aliphatic rings. The maximum absolute atomic E-state index is 13.7. The Balaban J connectivity index is 1.57. The number of benzene rings is 2. The molecule has 5 nitrogen and oxygen atoms in total. The number of rotatable bonds is 2. The van der Waals surface area contributed by atoms with Crippen LogP contribution in [-0.4, -0.2) is 52.8 Å². The summed E-state index contributed by atoms with van der Waals surface area (Å²) in [5, 5.41) is 0.918. The summed E-state index contributed by atoms with van der Waals surface area (Å²) < 4.78 is 0. The third-order valence-electron chi connectivity index (χ3n) is 6.31. The fourth-order valence-corrected chi connectivity index (χ4v) is 4.66. The van der Waals surface area contributed by atoms with E-state index in [2.05, 4.69) is 18.2 Å². The summed E-state index contributed by atoms with van der Waals surface area (Å²) in [5.74, 6) is 0.122. The third kappa shape index (κ3) is 3.61. The first-order chi connectivity index (χ1) is 15.1. The molecular formula is C26H25N3O2. The molecule has 0 N–H and O–H groups in total. The van der Waals surface area contributed by atoms with E-state index in [0.717, 1.165) is 46.1 Å². The van der Waals surface area contributed by atoms with Crippen LogP contribution < -0.4 is 0 Å². The minimum absolute atomic E-state index is 0.0546. The van der Waals surface area contributed by atoms with Gasteiger partial charge in [0.15, 0.2) is 0 Å². The number of allylic oxidation sites excluding steroid dienone is 1. The first-order valence-electron chi connectivity index (χ1n) is 10.8. The van der Waals surface area contributed by atoms with E-state index in [0.29, 0.717) is 26.2 Å². The van der Waals surface area contributed by atoms with Crippen molar-refractivity contribution in [2.75, 3.05) is 26.2 Å². The third-order valence-corrected chi connectivity index (χ3v) is 6.31. The average molecular weight is 412 g/mol. The molecule has 1 fully saturated rings. The summed E-state index contributed by atoms with van der Waals surface area (Å²) in [6.07, 6.45) is 3.89. The van der Waals surface area contributed by atoms with Gasteiger partial charge >= 0.3 is 0 Å². The zero-order chi connectivity index (χ0) is 21.4. The Morgan fingerprint density at radius 1 is 0.871 bits per heavy atom. The highest BCUT2D eigenvalue weighted by molar-refractivity contribution is 6.09. The van der Waals surface area contributed by atoms with Crippen molar-refractivity contribution < 1.29 is 9.59 Å². The van der Waals surface area contributed by atoms with Gasteiger partial charge in [-0.1, -0.05) is 48.5 Å². The molecule has 0 radical (unpaired) electrons. The number of amides is 2. The number of nitrogens with zero attached hydrogens (tertiary/aromatic N) is 3. The van der Waals surface area contributed by atoms with Crippen molar-refractivity contribution in [1.29, 1.82) is 0 Å². The van der Waals surface area contributed by atoms with Gasteiger partial charge in [0.05, 0.1) is 16.8 Å². The quantitative estimate of drug-likeness (QED) is 0.640. The zero-order valence-electron chi connectivity index (χ0n) is 17.7. The maximum atomic E-state index is 13.7. The Hall–Kier alpha value is -3.47. The molecule has 0 unspecified atom stereocenters. The van der Waals surface area contributed by atoms with Crippen molar-refractivity contribution >= 4 is 34.4 Å². The first-order valence-corrected chi connectivity index (χ1v) is 10.8. The summed E-state index contributed by atoms with van der Waals surface area (Å²) in [6, 6.07) is 18.2. The van der Waals surface area contributed by atoms with Crippen molar-refractivity contribution in [3.63, 3.8) is 0 Å². The average Bonchev–Trinajstić information content (AvgIpc) is 3.19. The first kappa shape index (κ1) is 19.5. The summed E-state index contributed by atoms with van der Waals surface area (Å²) >= 11 is 0. The minimum Gasteiger partial charge on any atom is -0.339 e. The molecule has 2 aromatic carbocycles. The molecule has 0 spiro atoms. The molecule has 5 rings (SSSR count). The number of fused-ring (bicyclic) bond motifs is 2. The normalized spacial score (nSPS) is 17.3. The van der Waals surface area contributed by atoms with Gasteiger partial charge in [-0.25, -0.2) is 4.98 Å². The van der Waals surface area contributed by atoms with E-state index in [1.807, 2.05) is 47.4 Å². The number of carbonyl (C=O) groups excluding carboxylic acids is 2. The Bertz CT molecular complexity index is 1190. The molecule has 31 heavy (non-hydrogen) atoms. The van der Waals surface area contributed by atoms with Gasteiger partial charge in [0.1, 0.15) is 0 Å². The fourth-order valence-electron chi connectivity index (χ4n) is 4.66. The van der Waals surface area contributed by atoms with Crippen LogP contribution in [0.25, 0.3) is 22.6 Å². The summed E-state index contributed by atoms with van der Waals surface area (Å²) in [4.78, 5) is 34.0. The topological polar surface area (TPSA) is 53.5 Å². The predicted octanol–water partition coefficient (Wildman–Crippen LogP) is 4.03. The van der Waals surface area contributed by atoms with Crippen LogP contribution in [0.15, 0.2) is 54.6 Å². The molecule has 1 aromatic heterocycles. The van der Waals surface area contributed by atoms with Crippen molar-refractivity contribution in [3.05, 3.63) is 77.0 Å². The smallest absolute Gasteiger partial charge is 0.255 e. The van der Waals surface area contributed by atoms with Crippen molar-refractivity contribution in [2.45, 2.75) is 19.8 Å². The highest BCUT2D eigenvalue weighted by atomic mass is 16.2. The predicted molar refractivity (Wildman–Crippen MR) is 123 cm³/mol. The van der Waals surface area contributed by atoms with E-state index in [1.54, 1.807) is 11.8 Å². The Morgan fingerprint density at radius 3 is 2.29 bits per heavy atom. The number of para-hydroxylation sites is 1. The monoisotopic (exact) mass is 411 g/mol. The molecule has 156 valence electrons. The van der Waals surface area contributed by atoms with E-state index >= 15 is 0 Å². The molecule has 3 aromatic rings. The Morgan fingerprint density at radius 2 is 1.55 bits per heavy atom. The Kier molecular flexibility index (Phi) is 5.02. The van der Waals surface area contributed by atoms with Gasteiger partial charge in [-0.2, -0.15) is 0 Å². The number of aromatic nitrogens is 1. The number of piperazine rings is 1. The Labute approximate surface area is 182 Å². The van der Waals surface area contributed by atoms with Gasteiger partial charge in [-0.3, -0.25) is 9.59 Å². The molecule has 2 heterocycles. The SMILES string of the molecule is CC(=O)N1CCN(C(=O)c2c3c(nc4ccccc24)/C(=C\c2ccccc2)CC3)CC1. The molecule has 1 aliphatic heterocycles. The van der Waals surface area contributed by atoms with Crippen molar-refractivity contribution in [3.8, 4) is 0 Å². The highest BCUT2D eigenvalue weighted by Gasteiger charge is 2.30. The molecule has 0 atom stereocenters. The largest absolute Gasteiger partial charge is 0.339 e. The minimum atomic E-state index is 0.0546. The van der Waals surface area contributed by atoms with Gasteiger partial charge in [-0.15, -0.1) is 0 Å². The summed E-state index contributed by atoms with van der Waals surface area (Å²) in [6.45, 7) is 3.89. The van der Waals surface area contributed by atoms with Crippen LogP contribution in [0.4, 0.5) is 0 Å². The fraction of sp³-hybridized carbons (Fsp3) is 0.269. The lowest BCUT2D eigenvalue weighted by Gasteiger charge is -2.34. The van der Waals surface area contributed by atoms with Crippen molar-refractivity contribution in [2.24, 2.45) is 0 Å². The van der Waals surface area contributed by atoms with Crippen molar-refractivity contribution in [1.82, 2.24) is 14.8 Å². The van der Waals surface area contributed by atoms with E-state index in [1.165, 1.54) is 5.57 Å². The number of pyridine rings is 1. The van der Waals surface area contributed by atoms with Gasteiger partial charge in [-0.05, 0) is 41.7 Å². The van der Waals surface area contributed by atoms with Crippen LogP contribution in [0.3, 0.4) is 0 Å².